The summed E-state index contributed by atoms with van der Waals surface area (Å²) in [5.41, 5.74) is 6.87. The molecule has 1 aromatic carbocycles. The number of nitriles is 1. The average molecular weight is 377 g/mol. The van der Waals surface area contributed by atoms with E-state index in [2.05, 4.69) is 10.5 Å². The Bertz CT molecular complexity index is 780. The Balaban J connectivity index is 2.23. The van der Waals surface area contributed by atoms with Crippen molar-refractivity contribution in [3.8, 4) is 6.07 Å². The van der Waals surface area contributed by atoms with Gasteiger partial charge in [0, 0.05) is 16.0 Å². The van der Waals surface area contributed by atoms with Gasteiger partial charge in [0.05, 0.1) is 11.5 Å². The maximum absolute atomic E-state index is 13.3. The van der Waals surface area contributed by atoms with E-state index in [1.807, 2.05) is 0 Å². The Kier molecular flexibility index (Phi) is 4.01. The van der Waals surface area contributed by atoms with Gasteiger partial charge in [-0.3, -0.25) is 5.43 Å². The third-order valence-electron chi connectivity index (χ3n) is 3.87. The fourth-order valence-electron chi connectivity index (χ4n) is 2.91. The molecule has 0 radical (unpaired) electrons. The number of hydrogen-bond acceptors (Lipinski definition) is 5. The van der Waals surface area contributed by atoms with Crippen molar-refractivity contribution in [2.75, 3.05) is 0 Å². The van der Waals surface area contributed by atoms with E-state index in [1.165, 1.54) is 12.1 Å². The number of hydrazone groups is 1. The van der Waals surface area contributed by atoms with Gasteiger partial charge in [0.2, 0.25) is 5.88 Å². The second-order valence-electron chi connectivity index (χ2n) is 5.19. The number of alkyl halides is 3. The number of allylic oxidation sites excluding steroid dienone is 1. The van der Waals surface area contributed by atoms with Crippen LogP contribution in [0.1, 0.15) is 11.5 Å². The molecule has 0 spiro atoms. The summed E-state index contributed by atoms with van der Waals surface area (Å²) in [6, 6.07) is 6.31. The number of nitrogens with two attached hydrogens (primary N) is 1. The lowest BCUT2D eigenvalue weighted by Gasteiger charge is -2.35. The van der Waals surface area contributed by atoms with Gasteiger partial charge < -0.3 is 10.5 Å². The zero-order valence-electron chi connectivity index (χ0n) is 11.7. The number of fused-ring (bicyclic) bond motifs is 1. The number of nitrogens with one attached hydrogen (secondary N) is 1. The van der Waals surface area contributed by atoms with Gasteiger partial charge in [-0.05, 0) is 17.7 Å². The molecule has 0 fully saturated rings. The summed E-state index contributed by atoms with van der Waals surface area (Å²) in [4.78, 5) is 0. The molecule has 2 aliphatic rings. The highest BCUT2D eigenvalue weighted by Gasteiger charge is 2.55. The molecule has 1 aromatic rings. The second-order valence-corrected chi connectivity index (χ2v) is 6.01. The number of halogens is 5. The fraction of sp³-hybridized carbons (Fsp3) is 0.286. The van der Waals surface area contributed by atoms with Crippen LogP contribution in [-0.4, -0.2) is 18.1 Å². The van der Waals surface area contributed by atoms with E-state index in [0.717, 1.165) is 0 Å². The molecule has 0 saturated heterocycles. The molecule has 0 aliphatic carbocycles. The number of ether oxygens (including phenoxy) is 1. The number of benzene rings is 1. The monoisotopic (exact) mass is 376 g/mol. The molecular weight excluding hydrogens is 368 g/mol. The summed E-state index contributed by atoms with van der Waals surface area (Å²) in [5.74, 6) is -2.76. The van der Waals surface area contributed by atoms with Crippen LogP contribution < -0.4 is 11.2 Å². The van der Waals surface area contributed by atoms with E-state index < -0.39 is 30.0 Å². The van der Waals surface area contributed by atoms with Crippen LogP contribution in [0.2, 0.25) is 10.0 Å². The molecule has 24 heavy (non-hydrogen) atoms. The summed E-state index contributed by atoms with van der Waals surface area (Å²) in [7, 11) is 0. The van der Waals surface area contributed by atoms with Gasteiger partial charge in [0.25, 0.3) is 0 Å². The van der Waals surface area contributed by atoms with E-state index in [1.54, 1.807) is 12.1 Å². The van der Waals surface area contributed by atoms with Gasteiger partial charge >= 0.3 is 6.18 Å². The van der Waals surface area contributed by atoms with E-state index in [-0.39, 0.29) is 27.1 Å². The average Bonchev–Trinajstić information content (AvgIpc) is 2.90. The highest BCUT2D eigenvalue weighted by molar-refractivity contribution is 6.36. The van der Waals surface area contributed by atoms with Gasteiger partial charge in [-0.2, -0.15) is 23.5 Å². The Morgan fingerprint density at radius 3 is 2.46 bits per heavy atom. The first kappa shape index (κ1) is 16.7. The molecule has 3 atom stereocenters. The van der Waals surface area contributed by atoms with E-state index in [4.69, 9.17) is 33.7 Å². The normalized spacial score (nSPS) is 26.2. The van der Waals surface area contributed by atoms with Crippen molar-refractivity contribution in [2.24, 2.45) is 16.8 Å². The van der Waals surface area contributed by atoms with Gasteiger partial charge in [-0.15, -0.1) is 0 Å². The SMILES string of the molecule is N#CC1=C(N)O[C@@H]2NN=C(C(F)(F)F)[C@@H]2[C@H]1c1c(Cl)cccc1Cl. The molecule has 2 aliphatic heterocycles. The van der Waals surface area contributed by atoms with Crippen LogP contribution in [0.25, 0.3) is 0 Å². The third kappa shape index (κ3) is 2.54. The van der Waals surface area contributed by atoms with Crippen molar-refractivity contribution in [3.63, 3.8) is 0 Å². The first-order chi connectivity index (χ1) is 11.3. The minimum absolute atomic E-state index is 0.127. The number of hydrogen-bond donors (Lipinski definition) is 2. The maximum Gasteiger partial charge on any atom is 0.431 e. The van der Waals surface area contributed by atoms with Crippen molar-refractivity contribution in [1.82, 2.24) is 5.43 Å². The topological polar surface area (TPSA) is 83.4 Å². The third-order valence-corrected chi connectivity index (χ3v) is 4.52. The van der Waals surface area contributed by atoms with Crippen LogP contribution in [0.15, 0.2) is 34.8 Å². The molecule has 2 heterocycles. The van der Waals surface area contributed by atoms with Crippen LogP contribution in [0.5, 0.6) is 0 Å². The van der Waals surface area contributed by atoms with Crippen molar-refractivity contribution in [3.05, 3.63) is 45.3 Å². The van der Waals surface area contributed by atoms with Gasteiger partial charge in [0.15, 0.2) is 11.9 Å². The minimum atomic E-state index is -4.71. The quantitative estimate of drug-likeness (QED) is 0.787. The first-order valence-corrected chi connectivity index (χ1v) is 7.42. The molecule has 0 saturated carbocycles. The highest BCUT2D eigenvalue weighted by atomic mass is 35.5. The summed E-state index contributed by atoms with van der Waals surface area (Å²) in [6.07, 6.45) is -5.88. The lowest BCUT2D eigenvalue weighted by molar-refractivity contribution is -0.0661. The molecule has 0 unspecified atom stereocenters. The van der Waals surface area contributed by atoms with E-state index in [9.17, 15) is 18.4 Å². The molecule has 0 aromatic heterocycles. The number of nitrogens with zero attached hydrogens (tertiary/aromatic N) is 2. The van der Waals surface area contributed by atoms with Gasteiger partial charge in [0.1, 0.15) is 6.07 Å². The van der Waals surface area contributed by atoms with Crippen molar-refractivity contribution >= 4 is 28.9 Å². The van der Waals surface area contributed by atoms with Gasteiger partial charge in [-0.1, -0.05) is 29.3 Å². The van der Waals surface area contributed by atoms with Crippen LogP contribution in [0, 0.1) is 17.2 Å². The molecule has 3 rings (SSSR count). The molecule has 0 amide bonds. The van der Waals surface area contributed by atoms with Crippen molar-refractivity contribution < 1.29 is 17.9 Å². The van der Waals surface area contributed by atoms with E-state index in [0.29, 0.717) is 0 Å². The largest absolute Gasteiger partial charge is 0.453 e. The Morgan fingerprint density at radius 2 is 1.92 bits per heavy atom. The highest BCUT2D eigenvalue weighted by Crippen LogP contribution is 2.48. The van der Waals surface area contributed by atoms with Crippen LogP contribution in [0.3, 0.4) is 0 Å². The zero-order valence-corrected chi connectivity index (χ0v) is 13.2. The predicted molar refractivity (Wildman–Crippen MR) is 81.0 cm³/mol. The summed E-state index contributed by atoms with van der Waals surface area (Å²) in [5, 5.41) is 13.0. The lowest BCUT2D eigenvalue weighted by Crippen LogP contribution is -2.45. The minimum Gasteiger partial charge on any atom is -0.453 e. The molecule has 3 N–H and O–H groups in total. The molecule has 10 heteroatoms. The second kappa shape index (κ2) is 5.76. The first-order valence-electron chi connectivity index (χ1n) is 6.66. The van der Waals surface area contributed by atoms with Crippen LogP contribution in [0.4, 0.5) is 13.2 Å². The van der Waals surface area contributed by atoms with Crippen LogP contribution in [-0.2, 0) is 4.74 Å². The molecule has 126 valence electrons. The predicted octanol–water partition coefficient (Wildman–Crippen LogP) is 3.26. The van der Waals surface area contributed by atoms with Crippen LogP contribution >= 0.6 is 23.2 Å². The summed E-state index contributed by atoms with van der Waals surface area (Å²) in [6.45, 7) is 0. The lowest BCUT2D eigenvalue weighted by atomic mass is 9.76. The summed E-state index contributed by atoms with van der Waals surface area (Å²) < 4.78 is 45.2. The van der Waals surface area contributed by atoms with E-state index >= 15 is 0 Å². The summed E-state index contributed by atoms with van der Waals surface area (Å²) >= 11 is 12.3. The van der Waals surface area contributed by atoms with Crippen molar-refractivity contribution in [2.45, 2.75) is 18.3 Å². The smallest absolute Gasteiger partial charge is 0.431 e. The fourth-order valence-corrected chi connectivity index (χ4v) is 3.54. The Morgan fingerprint density at radius 1 is 1.29 bits per heavy atom. The Hall–Kier alpha value is -2.11. The van der Waals surface area contributed by atoms with Gasteiger partial charge in [-0.25, -0.2) is 0 Å². The molecular formula is C14H9Cl2F3N4O. The standard InChI is InChI=1S/C14H9Cl2F3N4O/c15-6-2-1-3-7(16)9(6)8-5(4-20)12(21)24-13-10(8)11(22-23-13)14(17,18)19/h1-3,8,10,13,23H,21H2/t8-,10+,13+/m1/s1. The zero-order chi connectivity index (χ0) is 17.6. The molecule has 5 nitrogen and oxygen atoms in total. The number of rotatable bonds is 1. The van der Waals surface area contributed by atoms with Crippen molar-refractivity contribution in [1.29, 1.82) is 5.26 Å². The Labute approximate surface area is 144 Å². The molecule has 0 bridgehead atoms. The maximum atomic E-state index is 13.3.